The van der Waals surface area contributed by atoms with Gasteiger partial charge in [0.1, 0.15) is 72.3 Å². The summed E-state index contributed by atoms with van der Waals surface area (Å²) < 4.78 is 17.2. The topological polar surface area (TPSA) is 559 Å². The van der Waals surface area contributed by atoms with Gasteiger partial charge < -0.3 is 110 Å². The normalized spacial score (nSPS) is 18.0. The number of rotatable bonds is 46. The van der Waals surface area contributed by atoms with E-state index in [2.05, 4.69) is 63.5 Å². The van der Waals surface area contributed by atoms with Gasteiger partial charge in [0.05, 0.1) is 26.1 Å². The largest absolute Gasteiger partial charge is 0.492 e. The summed E-state index contributed by atoms with van der Waals surface area (Å²) in [5.41, 5.74) is 21.9. The van der Waals surface area contributed by atoms with E-state index in [1.807, 2.05) is 24.3 Å². The Morgan fingerprint density at radius 2 is 1.11 bits per heavy atom. The molecule has 3 aliphatic rings. The zero-order chi connectivity index (χ0) is 83.3. The number of aromatic nitrogens is 1. The minimum Gasteiger partial charge on any atom is -0.492 e. The van der Waals surface area contributed by atoms with Crippen molar-refractivity contribution < 1.29 is 91.0 Å². The van der Waals surface area contributed by atoms with E-state index in [-0.39, 0.29) is 51.1 Å². The Bertz CT molecular complexity index is 4230. The van der Waals surface area contributed by atoms with Crippen LogP contribution in [-0.2, 0) is 95.3 Å². The Kier molecular flexibility index (Phi) is 34.5. The molecular weight excluding hydrogens is 1510 g/mol. The molecule has 1 saturated heterocycles. The third-order valence-electron chi connectivity index (χ3n) is 21.1. The molecule has 13 amide bonds. The first-order valence-corrected chi connectivity index (χ1v) is 39.6. The molecule has 5 aromatic rings. The molecule has 0 bridgehead atoms. The summed E-state index contributed by atoms with van der Waals surface area (Å²) in [5.74, 6) is -13.2. The zero-order valence-electron chi connectivity index (χ0n) is 64.8. The molecule has 22 N–H and O–H groups in total. The molecule has 1 aromatic heterocycles. The maximum Gasteiger partial charge on any atom is 0.303 e. The molecule has 12 unspecified atom stereocenters. The Balaban J connectivity index is 1.10. The smallest absolute Gasteiger partial charge is 0.303 e. The number of carbonyl (C=O) groups excluding carboxylic acids is 13. The van der Waals surface area contributed by atoms with Crippen LogP contribution in [0.1, 0.15) is 126 Å². The van der Waals surface area contributed by atoms with Crippen molar-refractivity contribution in [1.82, 2.24) is 63.5 Å². The van der Waals surface area contributed by atoms with E-state index in [4.69, 9.17) is 36.6 Å². The molecule has 0 radical (unpaired) electrons. The van der Waals surface area contributed by atoms with E-state index in [1.165, 1.54) is 59.6 Å². The fourth-order valence-electron chi connectivity index (χ4n) is 14.9. The number of H-pyrrole nitrogens is 1. The second kappa shape index (κ2) is 44.2. The molecule has 0 spiro atoms. The van der Waals surface area contributed by atoms with Crippen LogP contribution in [0.3, 0.4) is 0 Å². The highest BCUT2D eigenvalue weighted by Crippen LogP contribution is 2.39. The van der Waals surface area contributed by atoms with Gasteiger partial charge in [-0.05, 0) is 109 Å². The number of amides is 13. The molecule has 115 heavy (non-hydrogen) atoms. The lowest BCUT2D eigenvalue weighted by Gasteiger charge is -2.38. The van der Waals surface area contributed by atoms with E-state index < -0.39 is 187 Å². The molecule has 4 aromatic carbocycles. The molecule has 1 aliphatic heterocycles. The fraction of sp³-hybridized carbons (Fsp3) is 0.519. The van der Waals surface area contributed by atoms with Crippen LogP contribution in [0.5, 0.6) is 5.75 Å². The number of carboxylic acids is 1. The van der Waals surface area contributed by atoms with Gasteiger partial charge in [-0.1, -0.05) is 111 Å². The number of fused-ring (bicyclic) bond motifs is 2. The molecule has 2 aliphatic carbocycles. The van der Waals surface area contributed by atoms with E-state index in [9.17, 15) is 58.2 Å². The maximum atomic E-state index is 15.6. The van der Waals surface area contributed by atoms with Crippen LogP contribution in [0.2, 0.25) is 0 Å². The highest BCUT2D eigenvalue weighted by atomic mass is 32.2. The number of hydrogen-bond donors (Lipinski definition) is 18. The highest BCUT2D eigenvalue weighted by Gasteiger charge is 2.46. The van der Waals surface area contributed by atoms with Crippen LogP contribution in [0, 0.1) is 11.8 Å². The fourth-order valence-corrected chi connectivity index (χ4v) is 15.4. The predicted octanol–water partition coefficient (Wildman–Crippen LogP) is -0.760. The lowest BCUT2D eigenvalue weighted by atomic mass is 9.77. The summed E-state index contributed by atoms with van der Waals surface area (Å²) in [6.45, 7) is 1.96. The Morgan fingerprint density at radius 1 is 0.574 bits per heavy atom. The first-order valence-electron chi connectivity index (χ1n) is 38.7. The minimum atomic E-state index is -2.02. The monoisotopic (exact) mass is 1620 g/mol. The van der Waals surface area contributed by atoms with Gasteiger partial charge in [0.25, 0.3) is 0 Å². The van der Waals surface area contributed by atoms with Gasteiger partial charge in [-0.2, -0.15) is 0 Å². The first-order chi connectivity index (χ1) is 55.0. The molecule has 2 saturated carbocycles. The molecule has 3 fully saturated rings. The number of benzene rings is 4. The lowest BCUT2D eigenvalue weighted by Crippen LogP contribution is -2.67. The van der Waals surface area contributed by atoms with Crippen LogP contribution >= 0.6 is 12.0 Å². The van der Waals surface area contributed by atoms with Crippen LogP contribution in [0.15, 0.2) is 97.2 Å². The molecule has 624 valence electrons. The van der Waals surface area contributed by atoms with Crippen LogP contribution in [0.4, 0.5) is 0 Å². The summed E-state index contributed by atoms with van der Waals surface area (Å²) >= 11 is 0.732. The Labute approximate surface area is 669 Å². The number of nitrogens with one attached hydrogen (secondary N) is 12. The van der Waals surface area contributed by atoms with Crippen molar-refractivity contribution in [1.29, 1.82) is 0 Å². The standard InChI is InChI=1S/C79H108N16O19S/c1-44(96)68(84-2)77(110)92-61(39-51-42-86-55-18-9-8-17-54(51)55)73(106)87-56(25-27-64(80)97)70(103)93-63(43-115-112-3)75(108)89-59(36-45-20-23-53(24-21-45)114-34-31-85-52-16-10-15-50(38-52)47-11-4-5-12-47)72(105)90-60(37-46-19-22-48-13-6-7-14-49(48)35-46)76(109)95-79(29-32-113-33-30-79)78(111)94-57(26-28-67(100)101)71(104)91-62(41-66(82)99)74(107)88-58(69(83)102)40-65(81)98/h6-9,13-14,17-24,35,42,44,47,50,52,56-63,68,84-86,96H,4-5,10-12,15-16,25-34,36-41,43H2,1-3H3,(H2,80,97)(H2,81,98)(H2,82,99)(H2,83,102)(H,87,106)(H,88,107)(H,89,108)(H,90,105)(H,91,104)(H,92,110)(H,93,103)(H,94,111)(H,95,109)(H,100,101). The van der Waals surface area contributed by atoms with Gasteiger partial charge in [0.2, 0.25) is 76.8 Å². The van der Waals surface area contributed by atoms with Crippen molar-refractivity contribution >= 4 is 116 Å². The first kappa shape index (κ1) is 89.8. The summed E-state index contributed by atoms with van der Waals surface area (Å²) in [6.07, 6.45) is 4.97. The molecule has 35 nitrogen and oxygen atoms in total. The molecule has 8 rings (SSSR count). The quantitative estimate of drug-likeness (QED) is 0.0168. The number of aliphatic hydroxyl groups is 1. The summed E-state index contributed by atoms with van der Waals surface area (Å²) in [5, 5.41) is 52.3. The SMILES string of the molecule is CNC(C(=O)NC(Cc1c[nH]c2ccccc12)C(=O)NC(CCC(N)=O)C(=O)NC(CSOC)C(=O)NC(Cc1ccc(OCCNC2CCCC(C3CCCC3)C2)cc1)C(=O)NC(Cc1ccc2ccccc2c1)C(=O)NC1(C(=O)NC(CCC(=O)O)C(=O)NC(CC(N)=O)C(=O)NC(CC(N)=O)C(N)=O)CCOCC1)C(C)O. The average molecular weight is 1620 g/mol. The van der Waals surface area contributed by atoms with Crippen molar-refractivity contribution in [2.24, 2.45) is 34.8 Å². The second-order valence-electron chi connectivity index (χ2n) is 29.5. The second-order valence-corrected chi connectivity index (χ2v) is 30.4. The summed E-state index contributed by atoms with van der Waals surface area (Å²) in [6, 6.07) is 12.4. The van der Waals surface area contributed by atoms with Gasteiger partial charge in [-0.25, -0.2) is 0 Å². The number of carboxylic acid groups (broad SMARTS) is 1. The van der Waals surface area contributed by atoms with Gasteiger partial charge in [-0.15, -0.1) is 0 Å². The number of likely N-dealkylation sites (N-methyl/N-ethyl adjacent to an activating group) is 1. The third-order valence-corrected chi connectivity index (χ3v) is 21.8. The van der Waals surface area contributed by atoms with Crippen LogP contribution < -0.4 is 86.2 Å². The number of aliphatic hydroxyl groups excluding tert-OH is 1. The van der Waals surface area contributed by atoms with E-state index in [1.54, 1.807) is 72.9 Å². The minimum absolute atomic E-state index is 0.138. The summed E-state index contributed by atoms with van der Waals surface area (Å²) in [7, 11) is 2.74. The van der Waals surface area contributed by atoms with Crippen LogP contribution in [0.25, 0.3) is 21.7 Å². The number of aromatic amines is 1. The van der Waals surface area contributed by atoms with E-state index >= 15 is 19.2 Å². The van der Waals surface area contributed by atoms with E-state index in [0.29, 0.717) is 52.9 Å². The highest BCUT2D eigenvalue weighted by molar-refractivity contribution is 7.94. The average Bonchev–Trinajstić information content (AvgIpc) is 0.881. The van der Waals surface area contributed by atoms with Crippen molar-refractivity contribution in [3.05, 3.63) is 114 Å². The van der Waals surface area contributed by atoms with Crippen molar-refractivity contribution in [3.63, 3.8) is 0 Å². The van der Waals surface area contributed by atoms with Crippen molar-refractivity contribution in [2.45, 2.75) is 201 Å². The molecule has 36 heteroatoms. The number of nitrogens with two attached hydrogens (primary N) is 4. The zero-order valence-corrected chi connectivity index (χ0v) is 65.6. The lowest BCUT2D eigenvalue weighted by molar-refractivity contribution is -0.142. The number of ether oxygens (including phenoxy) is 2. The van der Waals surface area contributed by atoms with Gasteiger partial charge in [0.15, 0.2) is 0 Å². The van der Waals surface area contributed by atoms with E-state index in [0.717, 1.165) is 47.1 Å². The number of hydrogen-bond acceptors (Lipinski definition) is 21. The molecular formula is C79H108N16O19S. The molecule has 12 atom stereocenters. The van der Waals surface area contributed by atoms with Crippen molar-refractivity contribution in [3.8, 4) is 5.75 Å². The van der Waals surface area contributed by atoms with Crippen molar-refractivity contribution in [2.75, 3.05) is 46.3 Å². The van der Waals surface area contributed by atoms with Gasteiger partial charge >= 0.3 is 5.97 Å². The Hall–Kier alpha value is -10.8. The number of primary amides is 4. The van der Waals surface area contributed by atoms with Crippen LogP contribution in [-0.4, -0.2) is 216 Å². The predicted molar refractivity (Wildman–Crippen MR) is 423 cm³/mol. The maximum absolute atomic E-state index is 15.6. The molecule has 2 heterocycles. The van der Waals surface area contributed by atoms with Gasteiger partial charge in [-0.3, -0.25) is 67.1 Å². The number of carbonyl (C=O) groups is 14. The Morgan fingerprint density at radius 3 is 1.76 bits per heavy atom. The number of para-hydroxylation sites is 1. The van der Waals surface area contributed by atoms with Gasteiger partial charge in [0, 0.05) is 93.6 Å². The third kappa shape index (κ3) is 27.5. The summed E-state index contributed by atoms with van der Waals surface area (Å²) in [4.78, 5) is 197. The number of aliphatic carboxylic acids is 1.